The standard InChI is InChI=1S/C21H32O2/c1-13(2)7-6-8-14(3)15-9-11-20(4)12-10-16-18-21(16,20)17(15)19(22-5)23-18/h7,10,12,14-19H,6,8-9,11H2,1-5H3/t14-,15+,16?,17?,18+,19+,20-,21-/m1/s1. The van der Waals surface area contributed by atoms with E-state index in [9.17, 15) is 0 Å². The van der Waals surface area contributed by atoms with E-state index in [0.29, 0.717) is 28.8 Å². The van der Waals surface area contributed by atoms with Gasteiger partial charge in [-0.05, 0) is 56.8 Å². The highest BCUT2D eigenvalue weighted by Crippen LogP contribution is 2.82. The highest BCUT2D eigenvalue weighted by molar-refractivity contribution is 5.40. The molecule has 2 heteroatoms. The lowest BCUT2D eigenvalue weighted by molar-refractivity contribution is -0.162. The van der Waals surface area contributed by atoms with Gasteiger partial charge in [0.05, 0.1) is 6.10 Å². The van der Waals surface area contributed by atoms with Crippen molar-refractivity contribution in [2.24, 2.45) is 34.5 Å². The van der Waals surface area contributed by atoms with Crippen molar-refractivity contribution in [2.75, 3.05) is 7.11 Å². The van der Waals surface area contributed by atoms with Gasteiger partial charge in [-0.2, -0.15) is 0 Å². The molecule has 1 spiro atoms. The molecule has 2 unspecified atom stereocenters. The average molecular weight is 316 g/mol. The Labute approximate surface area is 141 Å². The van der Waals surface area contributed by atoms with Crippen molar-refractivity contribution in [3.63, 3.8) is 0 Å². The van der Waals surface area contributed by atoms with Gasteiger partial charge >= 0.3 is 0 Å². The highest BCUT2D eigenvalue weighted by Gasteiger charge is 2.84. The maximum Gasteiger partial charge on any atom is 0.161 e. The maximum atomic E-state index is 6.36. The van der Waals surface area contributed by atoms with E-state index in [1.165, 1.54) is 31.3 Å². The van der Waals surface area contributed by atoms with E-state index in [-0.39, 0.29) is 6.29 Å². The molecule has 8 atom stereocenters. The first-order valence-electron chi connectivity index (χ1n) is 9.46. The molecule has 2 nitrogen and oxygen atoms in total. The number of hydrogen-bond acceptors (Lipinski definition) is 2. The lowest BCUT2D eigenvalue weighted by atomic mass is 9.55. The molecule has 0 bridgehead atoms. The second-order valence-electron chi connectivity index (χ2n) is 8.96. The molecule has 0 radical (unpaired) electrons. The molecule has 3 fully saturated rings. The Morgan fingerprint density at radius 1 is 1.43 bits per heavy atom. The number of methoxy groups -OCH3 is 1. The van der Waals surface area contributed by atoms with E-state index in [4.69, 9.17) is 9.47 Å². The highest BCUT2D eigenvalue weighted by atomic mass is 16.7. The van der Waals surface area contributed by atoms with E-state index >= 15 is 0 Å². The van der Waals surface area contributed by atoms with Gasteiger partial charge < -0.3 is 9.47 Å². The summed E-state index contributed by atoms with van der Waals surface area (Å²) in [6.07, 6.45) is 13.0. The Morgan fingerprint density at radius 2 is 2.22 bits per heavy atom. The van der Waals surface area contributed by atoms with Crippen molar-refractivity contribution in [2.45, 2.75) is 65.8 Å². The van der Waals surface area contributed by atoms with Crippen LogP contribution < -0.4 is 0 Å². The lowest BCUT2D eigenvalue weighted by Crippen LogP contribution is -2.47. The minimum Gasteiger partial charge on any atom is -0.356 e. The molecule has 0 aromatic rings. The molecule has 0 N–H and O–H groups in total. The fourth-order valence-corrected chi connectivity index (χ4v) is 6.46. The summed E-state index contributed by atoms with van der Waals surface area (Å²) in [5.74, 6) is 2.74. The second kappa shape index (κ2) is 5.20. The van der Waals surface area contributed by atoms with Crippen molar-refractivity contribution in [1.82, 2.24) is 0 Å². The summed E-state index contributed by atoms with van der Waals surface area (Å²) in [5, 5.41) is 0. The monoisotopic (exact) mass is 316 g/mol. The fraction of sp³-hybridized carbons (Fsp3) is 0.810. The van der Waals surface area contributed by atoms with E-state index < -0.39 is 0 Å². The van der Waals surface area contributed by atoms with E-state index in [0.717, 1.165) is 11.8 Å². The Kier molecular flexibility index (Phi) is 3.59. The lowest BCUT2D eigenvalue weighted by Gasteiger charge is -2.49. The average Bonchev–Trinajstić information content (AvgIpc) is 2.82. The van der Waals surface area contributed by atoms with Crippen LogP contribution in [0.25, 0.3) is 0 Å². The molecule has 2 saturated carbocycles. The van der Waals surface area contributed by atoms with Crippen LogP contribution in [0, 0.1) is 34.5 Å². The number of allylic oxidation sites excluding steroid dienone is 3. The zero-order chi connectivity index (χ0) is 16.4. The van der Waals surface area contributed by atoms with Crippen LogP contribution in [-0.2, 0) is 9.47 Å². The predicted octanol–water partition coefficient (Wildman–Crippen LogP) is 4.96. The minimum atomic E-state index is 0.0201. The topological polar surface area (TPSA) is 18.5 Å². The molecule has 1 aliphatic heterocycles. The molecule has 0 amide bonds. The van der Waals surface area contributed by atoms with Gasteiger partial charge in [-0.3, -0.25) is 0 Å². The number of fused-ring (bicyclic) bond motifs is 1. The first-order valence-corrected chi connectivity index (χ1v) is 9.46. The molecule has 1 saturated heterocycles. The SMILES string of the molecule is CO[C@H]1O[C@H]2C3C=C[C@@]4(C)CC[C@@H]([C@H](C)CCC=C(C)C)C1[C@]324. The zero-order valence-corrected chi connectivity index (χ0v) is 15.3. The molecule has 4 aliphatic rings. The van der Waals surface area contributed by atoms with Crippen LogP contribution in [0.3, 0.4) is 0 Å². The van der Waals surface area contributed by atoms with Crippen molar-refractivity contribution in [1.29, 1.82) is 0 Å². The Morgan fingerprint density at radius 3 is 2.91 bits per heavy atom. The van der Waals surface area contributed by atoms with Crippen LogP contribution in [0.1, 0.15) is 53.4 Å². The second-order valence-corrected chi connectivity index (χ2v) is 8.96. The summed E-state index contributed by atoms with van der Waals surface area (Å²) >= 11 is 0. The van der Waals surface area contributed by atoms with Crippen LogP contribution in [0.4, 0.5) is 0 Å². The van der Waals surface area contributed by atoms with Gasteiger partial charge in [0.1, 0.15) is 0 Å². The predicted molar refractivity (Wildman–Crippen MR) is 92.9 cm³/mol. The summed E-state index contributed by atoms with van der Waals surface area (Å²) in [6.45, 7) is 9.33. The number of rotatable bonds is 5. The van der Waals surface area contributed by atoms with Gasteiger partial charge in [-0.15, -0.1) is 0 Å². The van der Waals surface area contributed by atoms with Crippen LogP contribution in [-0.4, -0.2) is 19.5 Å². The summed E-state index contributed by atoms with van der Waals surface area (Å²) in [5.41, 5.74) is 2.14. The summed E-state index contributed by atoms with van der Waals surface area (Å²) < 4.78 is 12.2. The smallest absolute Gasteiger partial charge is 0.161 e. The zero-order valence-electron chi connectivity index (χ0n) is 15.3. The fourth-order valence-electron chi connectivity index (χ4n) is 6.46. The molecule has 23 heavy (non-hydrogen) atoms. The van der Waals surface area contributed by atoms with Crippen molar-refractivity contribution >= 4 is 0 Å². The normalized spacial score (nSPS) is 50.4. The van der Waals surface area contributed by atoms with Gasteiger partial charge in [0.25, 0.3) is 0 Å². The maximum absolute atomic E-state index is 6.36. The van der Waals surface area contributed by atoms with Gasteiger partial charge in [0.2, 0.25) is 0 Å². The molecule has 0 aromatic carbocycles. The third-order valence-electron chi connectivity index (χ3n) is 7.62. The van der Waals surface area contributed by atoms with Crippen LogP contribution in [0.2, 0.25) is 0 Å². The van der Waals surface area contributed by atoms with E-state index in [1.54, 1.807) is 0 Å². The van der Waals surface area contributed by atoms with Gasteiger partial charge in [0.15, 0.2) is 6.29 Å². The Bertz CT molecular complexity index is 546. The quantitative estimate of drug-likeness (QED) is 0.668. The van der Waals surface area contributed by atoms with Crippen LogP contribution in [0.5, 0.6) is 0 Å². The minimum absolute atomic E-state index is 0.0201. The largest absolute Gasteiger partial charge is 0.356 e. The Balaban J connectivity index is 1.57. The first kappa shape index (κ1) is 15.9. The van der Waals surface area contributed by atoms with Gasteiger partial charge in [-0.1, -0.05) is 37.6 Å². The van der Waals surface area contributed by atoms with Crippen molar-refractivity contribution in [3.05, 3.63) is 23.8 Å². The molecule has 1 heterocycles. The third kappa shape index (κ3) is 1.94. The molecule has 3 aliphatic carbocycles. The summed E-state index contributed by atoms with van der Waals surface area (Å²) in [4.78, 5) is 0. The first-order chi connectivity index (χ1) is 11.0. The Hall–Kier alpha value is -0.600. The molecular weight excluding hydrogens is 284 g/mol. The molecule has 128 valence electrons. The van der Waals surface area contributed by atoms with Crippen LogP contribution >= 0.6 is 0 Å². The molecule has 0 aromatic heterocycles. The number of hydrogen-bond donors (Lipinski definition) is 0. The number of ether oxygens (including phenoxy) is 2. The van der Waals surface area contributed by atoms with Gasteiger partial charge in [-0.25, -0.2) is 0 Å². The molecular formula is C21H32O2. The van der Waals surface area contributed by atoms with Crippen molar-refractivity contribution in [3.8, 4) is 0 Å². The van der Waals surface area contributed by atoms with Crippen LogP contribution in [0.15, 0.2) is 23.8 Å². The molecule has 4 rings (SSSR count). The van der Waals surface area contributed by atoms with Gasteiger partial charge in [0, 0.05) is 24.4 Å². The van der Waals surface area contributed by atoms with E-state index in [2.05, 4.69) is 45.9 Å². The summed E-state index contributed by atoms with van der Waals surface area (Å²) in [7, 11) is 1.83. The third-order valence-corrected chi connectivity index (χ3v) is 7.62. The summed E-state index contributed by atoms with van der Waals surface area (Å²) in [6, 6.07) is 0. The van der Waals surface area contributed by atoms with Crippen molar-refractivity contribution < 1.29 is 9.47 Å². The van der Waals surface area contributed by atoms with E-state index in [1.807, 2.05) is 7.11 Å².